The molecule has 0 amide bonds. The highest BCUT2D eigenvalue weighted by atomic mass is 32.1. The molecule has 1 N–H and O–H groups in total. The summed E-state index contributed by atoms with van der Waals surface area (Å²) >= 11 is 1.31. The first-order valence-electron chi connectivity index (χ1n) is 9.16. The van der Waals surface area contributed by atoms with Crippen LogP contribution in [0.4, 0.5) is 5.13 Å². The van der Waals surface area contributed by atoms with Gasteiger partial charge in [0.15, 0.2) is 17.1 Å². The van der Waals surface area contributed by atoms with E-state index in [4.69, 9.17) is 9.15 Å². The number of aromatic nitrogens is 1. The molecule has 0 bridgehead atoms. The normalized spacial score (nSPS) is 14.3. The van der Waals surface area contributed by atoms with Gasteiger partial charge in [-0.15, -0.1) is 11.3 Å². The molecule has 1 aliphatic rings. The van der Waals surface area contributed by atoms with Crippen LogP contribution in [-0.2, 0) is 0 Å². The van der Waals surface area contributed by atoms with Gasteiger partial charge in [-0.3, -0.25) is 10.2 Å². The number of thiazole rings is 1. The number of hydrazone groups is 1. The number of methoxy groups -OCH3 is 1. The summed E-state index contributed by atoms with van der Waals surface area (Å²) in [6.45, 7) is 0. The van der Waals surface area contributed by atoms with E-state index >= 15 is 0 Å². The minimum absolute atomic E-state index is 0.0511. The zero-order chi connectivity index (χ0) is 20.7. The quantitative estimate of drug-likeness (QED) is 0.392. The number of hydrogen-bond acceptors (Lipinski definition) is 8. The lowest BCUT2D eigenvalue weighted by atomic mass is 10.1. The van der Waals surface area contributed by atoms with Crippen molar-refractivity contribution in [1.29, 1.82) is 0 Å². The summed E-state index contributed by atoms with van der Waals surface area (Å²) in [5.74, 6) is 0.550. The van der Waals surface area contributed by atoms with Crippen molar-refractivity contribution in [3.8, 4) is 17.0 Å². The van der Waals surface area contributed by atoms with Crippen LogP contribution in [0.1, 0.15) is 22.3 Å². The van der Waals surface area contributed by atoms with Crippen LogP contribution in [0.2, 0.25) is 0 Å². The Morgan fingerprint density at radius 3 is 2.77 bits per heavy atom. The summed E-state index contributed by atoms with van der Waals surface area (Å²) in [7, 11) is 1.53. The number of nitrogens with zero attached hydrogens (tertiary/aromatic N) is 2. The van der Waals surface area contributed by atoms with E-state index in [1.807, 2.05) is 30.3 Å². The Hall–Kier alpha value is -3.78. The first-order valence-corrected chi connectivity index (χ1v) is 10.0. The number of nitrogens with one attached hydrogen (secondary N) is 1. The van der Waals surface area contributed by atoms with Gasteiger partial charge in [0.05, 0.1) is 30.5 Å². The monoisotopic (exact) mass is 417 g/mol. The molecule has 2 aromatic heterocycles. The fourth-order valence-electron chi connectivity index (χ4n) is 3.44. The van der Waals surface area contributed by atoms with E-state index in [2.05, 4.69) is 15.5 Å². The van der Waals surface area contributed by atoms with Gasteiger partial charge in [-0.05, 0) is 12.1 Å². The highest BCUT2D eigenvalue weighted by molar-refractivity contribution is 7.14. The Kier molecular flexibility index (Phi) is 4.40. The maximum absolute atomic E-state index is 12.5. The molecule has 2 heterocycles. The third-order valence-electron chi connectivity index (χ3n) is 4.88. The lowest BCUT2D eigenvalue weighted by Gasteiger charge is -2.04. The Balaban J connectivity index is 1.45. The molecular weight excluding hydrogens is 402 g/mol. The molecule has 0 radical (unpaired) electrons. The van der Waals surface area contributed by atoms with Crippen LogP contribution in [0.3, 0.4) is 0 Å². The number of ketones is 1. The molecule has 1 aliphatic carbocycles. The SMILES string of the molecule is COc1cccc2cc(-c3csc(NN=C4CC(=O)c5ccccc54)n3)c(=O)oc12. The average Bonchev–Trinajstić information content (AvgIpc) is 3.36. The van der Waals surface area contributed by atoms with E-state index in [-0.39, 0.29) is 12.2 Å². The third-order valence-corrected chi connectivity index (χ3v) is 5.62. The molecule has 148 valence electrons. The number of carbonyl (C=O) groups is 1. The van der Waals surface area contributed by atoms with Crippen LogP contribution in [0.5, 0.6) is 5.75 Å². The number of Topliss-reactive ketones (excluding diaryl/α,β-unsaturated/α-hetero) is 1. The molecule has 0 saturated heterocycles. The predicted molar refractivity (Wildman–Crippen MR) is 116 cm³/mol. The zero-order valence-electron chi connectivity index (χ0n) is 15.8. The van der Waals surface area contributed by atoms with Crippen molar-refractivity contribution in [2.24, 2.45) is 5.10 Å². The van der Waals surface area contributed by atoms with Crippen molar-refractivity contribution >= 4 is 38.9 Å². The van der Waals surface area contributed by atoms with Crippen LogP contribution in [0.25, 0.3) is 22.2 Å². The highest BCUT2D eigenvalue weighted by Crippen LogP contribution is 2.29. The minimum atomic E-state index is -0.495. The smallest absolute Gasteiger partial charge is 0.345 e. The van der Waals surface area contributed by atoms with Gasteiger partial charge in [-0.1, -0.05) is 36.4 Å². The summed E-state index contributed by atoms with van der Waals surface area (Å²) < 4.78 is 10.7. The standard InChI is InChI=1S/C22H15N3O4S/c1-28-19-8-4-5-12-9-15(21(27)29-20(12)19)17-11-30-22(23-17)25-24-16-10-18(26)14-7-3-2-6-13(14)16/h2-9,11H,10H2,1H3,(H,23,25). The van der Waals surface area contributed by atoms with Gasteiger partial charge in [-0.2, -0.15) is 5.10 Å². The second-order valence-electron chi connectivity index (χ2n) is 6.68. The second-order valence-corrected chi connectivity index (χ2v) is 7.54. The second kappa shape index (κ2) is 7.23. The van der Waals surface area contributed by atoms with E-state index in [0.717, 1.165) is 10.9 Å². The molecule has 0 saturated carbocycles. The number of ether oxygens (including phenoxy) is 1. The van der Waals surface area contributed by atoms with Gasteiger partial charge < -0.3 is 9.15 Å². The van der Waals surface area contributed by atoms with E-state index in [1.54, 1.807) is 23.6 Å². The Labute approximate surface area is 174 Å². The topological polar surface area (TPSA) is 93.8 Å². The first-order chi connectivity index (χ1) is 14.6. The summed E-state index contributed by atoms with van der Waals surface area (Å²) in [6, 6.07) is 14.5. The number of carbonyl (C=O) groups excluding carboxylic acids is 1. The molecule has 8 heteroatoms. The van der Waals surface area contributed by atoms with E-state index in [9.17, 15) is 9.59 Å². The van der Waals surface area contributed by atoms with Crippen molar-refractivity contribution in [1.82, 2.24) is 4.98 Å². The maximum atomic E-state index is 12.5. The lowest BCUT2D eigenvalue weighted by molar-refractivity contribution is 0.101. The number of benzene rings is 2. The lowest BCUT2D eigenvalue weighted by Crippen LogP contribution is -2.04. The van der Waals surface area contributed by atoms with Crippen LogP contribution in [0.15, 0.2) is 68.2 Å². The van der Waals surface area contributed by atoms with Crippen LogP contribution in [0, 0.1) is 0 Å². The van der Waals surface area contributed by atoms with Crippen molar-refractivity contribution in [2.75, 3.05) is 12.5 Å². The molecule has 30 heavy (non-hydrogen) atoms. The molecule has 0 fully saturated rings. The van der Waals surface area contributed by atoms with Gasteiger partial charge in [-0.25, -0.2) is 9.78 Å². The van der Waals surface area contributed by atoms with Crippen LogP contribution < -0.4 is 15.8 Å². The Morgan fingerprint density at radius 2 is 1.93 bits per heavy atom. The largest absolute Gasteiger partial charge is 0.493 e. The molecule has 0 spiro atoms. The number of para-hydroxylation sites is 1. The molecule has 4 aromatic rings. The van der Waals surface area contributed by atoms with E-state index < -0.39 is 5.63 Å². The Morgan fingerprint density at radius 1 is 1.10 bits per heavy atom. The van der Waals surface area contributed by atoms with Gasteiger partial charge in [0.2, 0.25) is 5.13 Å². The number of rotatable bonds is 4. The molecule has 0 aliphatic heterocycles. The van der Waals surface area contributed by atoms with E-state index in [1.165, 1.54) is 18.4 Å². The number of hydrogen-bond donors (Lipinski definition) is 1. The summed E-state index contributed by atoms with van der Waals surface area (Å²) in [5.41, 5.74) is 5.84. The van der Waals surface area contributed by atoms with E-state index in [0.29, 0.717) is 39.0 Å². The minimum Gasteiger partial charge on any atom is -0.493 e. The van der Waals surface area contributed by atoms with Gasteiger partial charge in [0.1, 0.15) is 0 Å². The number of anilines is 1. The van der Waals surface area contributed by atoms with Crippen molar-refractivity contribution in [3.63, 3.8) is 0 Å². The zero-order valence-corrected chi connectivity index (χ0v) is 16.7. The van der Waals surface area contributed by atoms with Gasteiger partial charge in [0.25, 0.3) is 0 Å². The predicted octanol–water partition coefficient (Wildman–Crippen LogP) is 4.33. The molecular formula is C22H15N3O4S. The molecule has 5 rings (SSSR count). The van der Waals surface area contributed by atoms with Gasteiger partial charge >= 0.3 is 5.63 Å². The molecule has 2 aromatic carbocycles. The fraction of sp³-hybridized carbons (Fsp3) is 0.0909. The van der Waals surface area contributed by atoms with Crippen LogP contribution in [-0.4, -0.2) is 23.6 Å². The van der Waals surface area contributed by atoms with Crippen molar-refractivity contribution < 1.29 is 13.9 Å². The molecule has 0 unspecified atom stereocenters. The third kappa shape index (κ3) is 3.07. The fourth-order valence-corrected chi connectivity index (χ4v) is 4.09. The highest BCUT2D eigenvalue weighted by Gasteiger charge is 2.25. The summed E-state index contributed by atoms with van der Waals surface area (Å²) in [4.78, 5) is 29.1. The molecule has 0 atom stereocenters. The maximum Gasteiger partial charge on any atom is 0.345 e. The van der Waals surface area contributed by atoms with Crippen molar-refractivity contribution in [2.45, 2.75) is 6.42 Å². The summed E-state index contributed by atoms with van der Waals surface area (Å²) in [6.07, 6.45) is 0.251. The first kappa shape index (κ1) is 18.3. The number of fused-ring (bicyclic) bond motifs is 2. The van der Waals surface area contributed by atoms with Gasteiger partial charge in [0, 0.05) is 21.9 Å². The Bertz CT molecular complexity index is 1390. The average molecular weight is 417 g/mol. The molecule has 7 nitrogen and oxygen atoms in total. The van der Waals surface area contributed by atoms with Crippen LogP contribution >= 0.6 is 11.3 Å². The summed E-state index contributed by atoms with van der Waals surface area (Å²) in [5, 5.41) is 7.38. The van der Waals surface area contributed by atoms with Crippen molar-refractivity contribution in [3.05, 3.63) is 75.5 Å².